The van der Waals surface area contributed by atoms with Gasteiger partial charge in [0.1, 0.15) is 12.1 Å². The van der Waals surface area contributed by atoms with E-state index in [0.717, 1.165) is 11.1 Å². The van der Waals surface area contributed by atoms with Gasteiger partial charge in [0.15, 0.2) is 0 Å². The van der Waals surface area contributed by atoms with Crippen LogP contribution in [0, 0.1) is 11.8 Å². The first-order chi connectivity index (χ1) is 26.8. The number of aliphatic hydroxyl groups is 1. The van der Waals surface area contributed by atoms with Crippen LogP contribution < -0.4 is 21.3 Å². The van der Waals surface area contributed by atoms with Crippen LogP contribution in [0.2, 0.25) is 0 Å². The van der Waals surface area contributed by atoms with Gasteiger partial charge in [0.2, 0.25) is 11.8 Å². The van der Waals surface area contributed by atoms with Crippen molar-refractivity contribution < 1.29 is 24.3 Å². The number of aromatic nitrogens is 2. The van der Waals surface area contributed by atoms with Crippen molar-refractivity contribution in [2.24, 2.45) is 11.8 Å². The average molecular weight is 765 g/mol. The minimum absolute atomic E-state index is 0.232. The Kier molecular flexibility index (Phi) is 16.3. The molecule has 6 amide bonds. The van der Waals surface area contributed by atoms with Gasteiger partial charge >= 0.3 is 12.1 Å². The van der Waals surface area contributed by atoms with Gasteiger partial charge in [-0.2, -0.15) is 0 Å². The van der Waals surface area contributed by atoms with E-state index in [1.807, 2.05) is 113 Å². The molecule has 298 valence electrons. The zero-order chi connectivity index (χ0) is 40.6. The first-order valence-electron chi connectivity index (χ1n) is 19.0. The van der Waals surface area contributed by atoms with Crippen LogP contribution in [0.15, 0.2) is 109 Å². The lowest BCUT2D eigenvalue weighted by atomic mass is 9.91. The number of pyridine rings is 2. The Morgan fingerprint density at radius 1 is 0.554 bits per heavy atom. The Morgan fingerprint density at radius 2 is 0.911 bits per heavy atom. The van der Waals surface area contributed by atoms with E-state index in [1.165, 1.54) is 9.80 Å². The third kappa shape index (κ3) is 13.2. The van der Waals surface area contributed by atoms with Gasteiger partial charge in [-0.1, -0.05) is 100 Å². The number of amides is 6. The predicted molar refractivity (Wildman–Crippen MR) is 216 cm³/mol. The lowest BCUT2D eigenvalue weighted by Crippen LogP contribution is -2.62. The van der Waals surface area contributed by atoms with Crippen molar-refractivity contribution in [3.05, 3.63) is 132 Å². The van der Waals surface area contributed by atoms with Gasteiger partial charge in [0, 0.05) is 26.5 Å². The number of benzene rings is 2. The molecule has 13 heteroatoms. The van der Waals surface area contributed by atoms with Crippen molar-refractivity contribution in [1.29, 1.82) is 0 Å². The van der Waals surface area contributed by atoms with Gasteiger partial charge in [-0.3, -0.25) is 19.6 Å². The SMILES string of the molecule is CC(C)C(NC(=O)N(C)Cc1ccccn1)C(=O)N[C@@H](Cc1ccccc1)C(O)[C@H](Cc1ccccc1)NC(=O)C(NC(=O)N(C)Cc1ccccn1)C(C)C. The predicted octanol–water partition coefficient (Wildman–Crippen LogP) is 4.32. The van der Waals surface area contributed by atoms with Crippen LogP contribution >= 0.6 is 0 Å². The molecule has 0 bridgehead atoms. The molecule has 0 aliphatic carbocycles. The molecule has 0 aliphatic rings. The highest BCUT2D eigenvalue weighted by molar-refractivity contribution is 5.88. The minimum atomic E-state index is -1.30. The van der Waals surface area contributed by atoms with Crippen LogP contribution in [0.25, 0.3) is 0 Å². The molecule has 0 saturated heterocycles. The topological polar surface area (TPSA) is 169 Å². The Morgan fingerprint density at radius 3 is 1.23 bits per heavy atom. The highest BCUT2D eigenvalue weighted by Gasteiger charge is 2.36. The van der Waals surface area contributed by atoms with Crippen molar-refractivity contribution in [3.63, 3.8) is 0 Å². The molecule has 4 atom stereocenters. The highest BCUT2D eigenvalue weighted by atomic mass is 16.3. The van der Waals surface area contributed by atoms with E-state index in [4.69, 9.17) is 0 Å². The molecule has 4 aromatic rings. The third-order valence-corrected chi connectivity index (χ3v) is 9.48. The largest absolute Gasteiger partial charge is 0.389 e. The molecule has 0 spiro atoms. The summed E-state index contributed by atoms with van der Waals surface area (Å²) in [6, 6.07) is 25.2. The van der Waals surface area contributed by atoms with Gasteiger partial charge in [-0.25, -0.2) is 9.59 Å². The second-order valence-electron chi connectivity index (χ2n) is 14.8. The van der Waals surface area contributed by atoms with Crippen LogP contribution in [-0.4, -0.2) is 93.1 Å². The molecule has 0 aliphatic heterocycles. The molecular formula is C43H56N8O5. The molecular weight excluding hydrogens is 709 g/mol. The van der Waals surface area contributed by atoms with E-state index >= 15 is 0 Å². The maximum absolute atomic E-state index is 14.1. The molecule has 13 nitrogen and oxygen atoms in total. The summed E-state index contributed by atoms with van der Waals surface area (Å²) in [5.41, 5.74) is 3.10. The van der Waals surface area contributed by atoms with Gasteiger partial charge in [-0.05, 0) is 60.1 Å². The minimum Gasteiger partial charge on any atom is -0.389 e. The number of aliphatic hydroxyl groups excluding tert-OH is 1. The molecule has 56 heavy (non-hydrogen) atoms. The Bertz CT molecular complexity index is 1680. The summed E-state index contributed by atoms with van der Waals surface area (Å²) in [7, 11) is 3.26. The van der Waals surface area contributed by atoms with Crippen LogP contribution in [0.1, 0.15) is 50.2 Å². The van der Waals surface area contributed by atoms with Crippen molar-refractivity contribution in [1.82, 2.24) is 41.0 Å². The monoisotopic (exact) mass is 764 g/mol. The number of urea groups is 2. The van der Waals surface area contributed by atoms with Crippen LogP contribution in [0.3, 0.4) is 0 Å². The van der Waals surface area contributed by atoms with Crippen molar-refractivity contribution >= 4 is 23.9 Å². The smallest absolute Gasteiger partial charge is 0.318 e. The van der Waals surface area contributed by atoms with E-state index in [0.29, 0.717) is 11.4 Å². The van der Waals surface area contributed by atoms with E-state index in [-0.39, 0.29) is 37.8 Å². The standard InChI is InChI=1S/C43H56N8O5/c1-29(2)37(48-42(55)50(5)27-33-21-13-15-23-44-33)40(53)46-35(25-31-17-9-7-10-18-31)39(52)36(26-32-19-11-8-12-20-32)47-41(54)38(30(3)4)49-43(56)51(6)28-34-22-14-16-24-45-34/h7-24,29-30,35-39,52H,25-28H2,1-6H3,(H,46,53)(H,47,54)(H,48,55)(H,49,56)/t35-,36-,37?,38?,39?/m0/s1. The van der Waals surface area contributed by atoms with Gasteiger partial charge in [0.25, 0.3) is 0 Å². The lowest BCUT2D eigenvalue weighted by molar-refractivity contribution is -0.126. The summed E-state index contributed by atoms with van der Waals surface area (Å²) >= 11 is 0. The third-order valence-electron chi connectivity index (χ3n) is 9.48. The number of nitrogens with one attached hydrogen (secondary N) is 4. The van der Waals surface area contributed by atoms with Crippen LogP contribution in [-0.2, 0) is 35.5 Å². The first-order valence-corrected chi connectivity index (χ1v) is 19.0. The second kappa shape index (κ2) is 21.3. The van der Waals surface area contributed by atoms with Crippen molar-refractivity contribution in [2.45, 2.75) is 83.9 Å². The molecule has 2 unspecified atom stereocenters. The zero-order valence-electron chi connectivity index (χ0n) is 33.1. The fourth-order valence-electron chi connectivity index (χ4n) is 6.25. The average Bonchev–Trinajstić information content (AvgIpc) is 3.19. The summed E-state index contributed by atoms with van der Waals surface area (Å²) in [6.07, 6.45) is 2.47. The van der Waals surface area contributed by atoms with Gasteiger partial charge in [-0.15, -0.1) is 0 Å². The molecule has 5 N–H and O–H groups in total. The zero-order valence-corrected chi connectivity index (χ0v) is 33.1. The molecule has 4 rings (SSSR count). The van der Waals surface area contributed by atoms with E-state index in [2.05, 4.69) is 31.2 Å². The van der Waals surface area contributed by atoms with Crippen molar-refractivity contribution in [2.75, 3.05) is 14.1 Å². The molecule has 0 radical (unpaired) electrons. The fraction of sp³-hybridized carbons (Fsp3) is 0.395. The normalized spacial score (nSPS) is 13.8. The number of nitrogens with zero attached hydrogens (tertiary/aromatic N) is 4. The number of rotatable bonds is 18. The molecule has 2 aromatic carbocycles. The molecule has 2 heterocycles. The van der Waals surface area contributed by atoms with Crippen LogP contribution in [0.5, 0.6) is 0 Å². The Labute approximate surface area is 330 Å². The Hall–Kier alpha value is -5.82. The van der Waals surface area contributed by atoms with Crippen LogP contribution in [0.4, 0.5) is 9.59 Å². The number of hydrogen-bond acceptors (Lipinski definition) is 7. The van der Waals surface area contributed by atoms with E-state index in [9.17, 15) is 24.3 Å². The van der Waals surface area contributed by atoms with Gasteiger partial charge in [0.05, 0.1) is 42.7 Å². The summed E-state index contributed by atoms with van der Waals surface area (Å²) in [5.74, 6) is -1.56. The molecule has 2 aromatic heterocycles. The highest BCUT2D eigenvalue weighted by Crippen LogP contribution is 2.16. The first kappa shape index (κ1) is 42.9. The van der Waals surface area contributed by atoms with E-state index in [1.54, 1.807) is 38.6 Å². The molecule has 0 fully saturated rings. The summed E-state index contributed by atoms with van der Waals surface area (Å²) in [6.45, 7) is 7.81. The number of carbonyl (C=O) groups excluding carboxylic acids is 4. The Balaban J connectivity index is 1.57. The quantitative estimate of drug-likeness (QED) is 0.101. The fourth-order valence-corrected chi connectivity index (χ4v) is 6.25. The van der Waals surface area contributed by atoms with E-state index < -0.39 is 54.1 Å². The second-order valence-corrected chi connectivity index (χ2v) is 14.8. The maximum Gasteiger partial charge on any atom is 0.318 e. The maximum atomic E-state index is 14.1. The summed E-state index contributed by atoms with van der Waals surface area (Å²) in [4.78, 5) is 66.3. The number of carbonyl (C=O) groups is 4. The molecule has 0 saturated carbocycles. The summed E-state index contributed by atoms with van der Waals surface area (Å²) in [5, 5.41) is 24.1. The van der Waals surface area contributed by atoms with Crippen molar-refractivity contribution in [3.8, 4) is 0 Å². The number of hydrogen-bond donors (Lipinski definition) is 5. The lowest BCUT2D eigenvalue weighted by Gasteiger charge is -2.34. The summed E-state index contributed by atoms with van der Waals surface area (Å²) < 4.78 is 0. The van der Waals surface area contributed by atoms with Gasteiger partial charge < -0.3 is 36.2 Å².